The number of para-hydroxylation sites is 1. The number of fused-ring (bicyclic) bond motifs is 1. The highest BCUT2D eigenvalue weighted by molar-refractivity contribution is 5.85. The van der Waals surface area contributed by atoms with Gasteiger partial charge in [0.1, 0.15) is 24.7 Å². The van der Waals surface area contributed by atoms with Crippen molar-refractivity contribution in [2.75, 3.05) is 0 Å². The first-order chi connectivity index (χ1) is 16.3. The van der Waals surface area contributed by atoms with Gasteiger partial charge in [0.2, 0.25) is 0 Å². The predicted molar refractivity (Wildman–Crippen MR) is 134 cm³/mol. The molecular weight excluding hydrogens is 450 g/mol. The molecule has 2 heterocycles. The van der Waals surface area contributed by atoms with E-state index in [9.17, 15) is 0 Å². The van der Waals surface area contributed by atoms with Gasteiger partial charge in [-0.1, -0.05) is 54.6 Å². The van der Waals surface area contributed by atoms with E-state index in [1.54, 1.807) is 6.08 Å². The van der Waals surface area contributed by atoms with Crippen LogP contribution in [0.1, 0.15) is 22.6 Å². The minimum Gasteiger partial charge on any atom is -0.489 e. The van der Waals surface area contributed by atoms with Crippen molar-refractivity contribution in [3.05, 3.63) is 108 Å². The Balaban J connectivity index is 0.00000274. The predicted octanol–water partition coefficient (Wildman–Crippen LogP) is 5.50. The highest BCUT2D eigenvalue weighted by atomic mass is 35.5. The molecule has 0 unspecified atom stereocenters. The number of aromatic amines is 1. The molecule has 5 rings (SSSR count). The molecule has 0 aliphatic heterocycles. The van der Waals surface area contributed by atoms with Crippen LogP contribution in [0.5, 0.6) is 11.5 Å². The third kappa shape index (κ3) is 5.96. The van der Waals surface area contributed by atoms with Gasteiger partial charge in [-0.3, -0.25) is 0 Å². The Morgan fingerprint density at radius 2 is 1.59 bits per heavy atom. The molecule has 0 saturated carbocycles. The van der Waals surface area contributed by atoms with Crippen LogP contribution in [0, 0.1) is 0 Å². The number of benzene rings is 3. The third-order valence-corrected chi connectivity index (χ3v) is 4.99. The second kappa shape index (κ2) is 11.1. The summed E-state index contributed by atoms with van der Waals surface area (Å²) >= 11 is 0. The molecule has 2 aromatic heterocycles. The van der Waals surface area contributed by atoms with Gasteiger partial charge in [-0.15, -0.1) is 22.6 Å². The van der Waals surface area contributed by atoms with Gasteiger partial charge >= 0.3 is 0 Å². The van der Waals surface area contributed by atoms with Gasteiger partial charge < -0.3 is 9.47 Å². The first-order valence-corrected chi connectivity index (χ1v) is 10.5. The number of hydrogen-bond donors (Lipinski definition) is 1. The maximum absolute atomic E-state index is 5.98. The van der Waals surface area contributed by atoms with Crippen LogP contribution in [0.25, 0.3) is 23.1 Å². The smallest absolute Gasteiger partial charge is 0.197 e. The standard InChI is InChI=1S/C26H21N5O2.ClH/c1-2-10-25-21(7-1)12-13-22(27-25)18-33-24-9-4-6-20(16-24)17-32-23-8-3-5-19(15-23)11-14-26-28-30-31-29-26;/h1-16H,17-18H2,(H,28,29,30,31);1H/b14-11+;. The van der Waals surface area contributed by atoms with Crippen molar-refractivity contribution in [1.82, 2.24) is 25.6 Å². The summed E-state index contributed by atoms with van der Waals surface area (Å²) in [6.07, 6.45) is 3.70. The molecule has 3 aromatic carbocycles. The van der Waals surface area contributed by atoms with E-state index >= 15 is 0 Å². The molecule has 0 atom stereocenters. The van der Waals surface area contributed by atoms with Crippen LogP contribution in [0.15, 0.2) is 84.9 Å². The summed E-state index contributed by atoms with van der Waals surface area (Å²) in [5.41, 5.74) is 3.86. The molecule has 0 amide bonds. The van der Waals surface area contributed by atoms with E-state index < -0.39 is 0 Å². The number of ether oxygens (including phenoxy) is 2. The van der Waals surface area contributed by atoms with E-state index in [-0.39, 0.29) is 12.4 Å². The molecule has 0 bridgehead atoms. The lowest BCUT2D eigenvalue weighted by molar-refractivity contribution is 0.293. The monoisotopic (exact) mass is 471 g/mol. The normalized spacial score (nSPS) is 10.8. The minimum absolute atomic E-state index is 0. The number of H-pyrrole nitrogens is 1. The molecule has 8 heteroatoms. The summed E-state index contributed by atoms with van der Waals surface area (Å²) in [7, 11) is 0. The van der Waals surface area contributed by atoms with E-state index in [0.29, 0.717) is 19.0 Å². The number of nitrogens with zero attached hydrogens (tertiary/aromatic N) is 4. The average molecular weight is 472 g/mol. The summed E-state index contributed by atoms with van der Waals surface area (Å²) in [5.74, 6) is 2.08. The van der Waals surface area contributed by atoms with Gasteiger partial charge in [-0.05, 0) is 58.8 Å². The third-order valence-electron chi connectivity index (χ3n) is 4.99. The number of aromatic nitrogens is 5. The van der Waals surface area contributed by atoms with Crippen molar-refractivity contribution >= 4 is 35.5 Å². The fraction of sp³-hybridized carbons (Fsp3) is 0.0769. The Morgan fingerprint density at radius 3 is 2.47 bits per heavy atom. The summed E-state index contributed by atoms with van der Waals surface area (Å²) < 4.78 is 12.0. The molecule has 0 aliphatic rings. The lowest BCUT2D eigenvalue weighted by Crippen LogP contribution is -2.00. The zero-order chi connectivity index (χ0) is 22.3. The summed E-state index contributed by atoms with van der Waals surface area (Å²) in [5, 5.41) is 14.9. The van der Waals surface area contributed by atoms with Crippen molar-refractivity contribution in [1.29, 1.82) is 0 Å². The Kier molecular flexibility index (Phi) is 7.47. The van der Waals surface area contributed by atoms with Crippen molar-refractivity contribution in [3.63, 3.8) is 0 Å². The van der Waals surface area contributed by atoms with Crippen LogP contribution in [0.4, 0.5) is 0 Å². The molecular formula is C26H22ClN5O2. The van der Waals surface area contributed by atoms with Crippen molar-refractivity contribution in [3.8, 4) is 11.5 Å². The number of tetrazole rings is 1. The van der Waals surface area contributed by atoms with Gasteiger partial charge in [0, 0.05) is 5.39 Å². The van der Waals surface area contributed by atoms with E-state index in [4.69, 9.17) is 9.47 Å². The van der Waals surface area contributed by atoms with E-state index in [2.05, 4.69) is 37.7 Å². The molecule has 0 radical (unpaired) electrons. The summed E-state index contributed by atoms with van der Waals surface area (Å²) in [6, 6.07) is 27.8. The second-order valence-corrected chi connectivity index (χ2v) is 7.40. The van der Waals surface area contributed by atoms with Crippen LogP contribution >= 0.6 is 12.4 Å². The summed E-state index contributed by atoms with van der Waals surface area (Å²) in [4.78, 5) is 4.66. The number of pyridine rings is 1. The number of rotatable bonds is 8. The molecule has 0 saturated heterocycles. The molecule has 0 spiro atoms. The highest BCUT2D eigenvalue weighted by Crippen LogP contribution is 2.20. The first kappa shape index (κ1) is 22.9. The molecule has 5 aromatic rings. The van der Waals surface area contributed by atoms with Crippen LogP contribution in [0.3, 0.4) is 0 Å². The van der Waals surface area contributed by atoms with Crippen molar-refractivity contribution in [2.45, 2.75) is 13.2 Å². The van der Waals surface area contributed by atoms with Gasteiger partial charge in [0.25, 0.3) is 0 Å². The SMILES string of the molecule is C(=C\c1nn[nH]n1)/c1cccc(OCc2cccc(OCc3ccc4ccccc4n3)c2)c1.Cl. The quantitative estimate of drug-likeness (QED) is 0.321. The average Bonchev–Trinajstić information content (AvgIpc) is 3.39. The fourth-order valence-electron chi connectivity index (χ4n) is 3.36. The van der Waals surface area contributed by atoms with Crippen molar-refractivity contribution < 1.29 is 9.47 Å². The topological polar surface area (TPSA) is 85.8 Å². The van der Waals surface area contributed by atoms with E-state index in [1.807, 2.05) is 78.9 Å². The fourth-order valence-corrected chi connectivity index (χ4v) is 3.36. The van der Waals surface area contributed by atoms with E-state index in [0.717, 1.165) is 39.2 Å². The number of hydrogen-bond acceptors (Lipinski definition) is 6. The maximum atomic E-state index is 5.98. The summed E-state index contributed by atoms with van der Waals surface area (Å²) in [6.45, 7) is 0.841. The van der Waals surface area contributed by atoms with Crippen LogP contribution in [0.2, 0.25) is 0 Å². The molecule has 1 N–H and O–H groups in total. The maximum Gasteiger partial charge on any atom is 0.197 e. The molecule has 0 aliphatic carbocycles. The largest absolute Gasteiger partial charge is 0.489 e. The lowest BCUT2D eigenvalue weighted by Gasteiger charge is -2.10. The molecule has 34 heavy (non-hydrogen) atoms. The molecule has 170 valence electrons. The van der Waals surface area contributed by atoms with Gasteiger partial charge in [-0.2, -0.15) is 5.21 Å². The Morgan fingerprint density at radius 1 is 0.765 bits per heavy atom. The van der Waals surface area contributed by atoms with Gasteiger partial charge in [0.05, 0.1) is 11.2 Å². The number of nitrogens with one attached hydrogen (secondary N) is 1. The number of halogens is 1. The molecule has 0 fully saturated rings. The zero-order valence-corrected chi connectivity index (χ0v) is 19.0. The highest BCUT2D eigenvalue weighted by Gasteiger charge is 2.03. The van der Waals surface area contributed by atoms with E-state index in [1.165, 1.54) is 0 Å². The Bertz CT molecular complexity index is 1390. The zero-order valence-electron chi connectivity index (χ0n) is 18.2. The van der Waals surface area contributed by atoms with Crippen molar-refractivity contribution in [2.24, 2.45) is 0 Å². The Hall–Kier alpha value is -4.23. The first-order valence-electron chi connectivity index (χ1n) is 10.5. The Labute approximate surface area is 202 Å². The van der Waals surface area contributed by atoms with Gasteiger partial charge in [0.15, 0.2) is 5.82 Å². The molecule has 7 nitrogen and oxygen atoms in total. The lowest BCUT2D eigenvalue weighted by atomic mass is 10.2. The van der Waals surface area contributed by atoms with Crippen LogP contribution in [-0.4, -0.2) is 25.6 Å². The van der Waals surface area contributed by atoms with Gasteiger partial charge in [-0.25, -0.2) is 4.98 Å². The minimum atomic E-state index is 0. The van der Waals surface area contributed by atoms with Crippen LogP contribution < -0.4 is 9.47 Å². The second-order valence-electron chi connectivity index (χ2n) is 7.40. The van der Waals surface area contributed by atoms with Crippen LogP contribution in [-0.2, 0) is 13.2 Å².